The lowest BCUT2D eigenvalue weighted by Gasteiger charge is -2.36. The van der Waals surface area contributed by atoms with Crippen molar-refractivity contribution in [3.8, 4) is 0 Å². The first kappa shape index (κ1) is 15.5. The van der Waals surface area contributed by atoms with Crippen molar-refractivity contribution in [2.24, 2.45) is 0 Å². The highest BCUT2D eigenvalue weighted by atomic mass is 15.1. The third kappa shape index (κ3) is 3.83. The second kappa shape index (κ2) is 6.73. The number of piperidine rings is 1. The molecular formula is C18H30N2. The van der Waals surface area contributed by atoms with Gasteiger partial charge < -0.3 is 10.2 Å². The van der Waals surface area contributed by atoms with Crippen LogP contribution in [-0.4, -0.2) is 30.6 Å². The van der Waals surface area contributed by atoms with Crippen molar-refractivity contribution in [3.05, 3.63) is 35.4 Å². The van der Waals surface area contributed by atoms with E-state index in [0.717, 1.165) is 0 Å². The van der Waals surface area contributed by atoms with Crippen molar-refractivity contribution in [1.82, 2.24) is 10.2 Å². The number of benzene rings is 1. The van der Waals surface area contributed by atoms with Crippen molar-refractivity contribution < 1.29 is 0 Å². The summed E-state index contributed by atoms with van der Waals surface area (Å²) in [6.07, 6.45) is 2.51. The minimum Gasteiger partial charge on any atom is -0.307 e. The molecular weight excluding hydrogens is 244 g/mol. The molecule has 1 N–H and O–H groups in total. The fourth-order valence-electron chi connectivity index (χ4n) is 3.06. The summed E-state index contributed by atoms with van der Waals surface area (Å²) in [4.78, 5) is 2.46. The minimum absolute atomic E-state index is 0.441. The van der Waals surface area contributed by atoms with Gasteiger partial charge in [0.05, 0.1) is 0 Å². The Bertz CT molecular complexity index is 410. The molecule has 0 bridgehead atoms. The van der Waals surface area contributed by atoms with E-state index in [9.17, 15) is 0 Å². The zero-order valence-electron chi connectivity index (χ0n) is 13.7. The molecule has 1 aliphatic rings. The molecule has 0 aliphatic carbocycles. The van der Waals surface area contributed by atoms with Crippen LogP contribution in [0.1, 0.15) is 63.6 Å². The monoisotopic (exact) mass is 274 g/mol. The quantitative estimate of drug-likeness (QED) is 0.894. The van der Waals surface area contributed by atoms with Crippen LogP contribution in [0.15, 0.2) is 24.3 Å². The van der Waals surface area contributed by atoms with E-state index < -0.39 is 0 Å². The molecule has 2 heteroatoms. The van der Waals surface area contributed by atoms with E-state index in [4.69, 9.17) is 0 Å². The van der Waals surface area contributed by atoms with E-state index in [0.29, 0.717) is 24.0 Å². The van der Waals surface area contributed by atoms with Crippen LogP contribution in [0.4, 0.5) is 0 Å². The molecule has 3 atom stereocenters. The van der Waals surface area contributed by atoms with Crippen LogP contribution in [0.5, 0.6) is 0 Å². The summed E-state index contributed by atoms with van der Waals surface area (Å²) in [6.45, 7) is 10.3. The molecule has 0 amide bonds. The van der Waals surface area contributed by atoms with E-state index in [-0.39, 0.29) is 0 Å². The molecule has 1 aromatic carbocycles. The molecule has 3 unspecified atom stereocenters. The van der Waals surface area contributed by atoms with Crippen LogP contribution in [0.2, 0.25) is 0 Å². The summed E-state index contributed by atoms with van der Waals surface area (Å²) in [5.74, 6) is 0.613. The number of likely N-dealkylation sites (tertiary alicyclic amines) is 1. The van der Waals surface area contributed by atoms with E-state index in [1.54, 1.807) is 0 Å². The molecule has 0 spiro atoms. The Morgan fingerprint density at radius 3 is 2.25 bits per heavy atom. The molecule has 1 fully saturated rings. The molecule has 2 rings (SSSR count). The van der Waals surface area contributed by atoms with Gasteiger partial charge in [0.2, 0.25) is 0 Å². The molecule has 0 aromatic heterocycles. The maximum Gasteiger partial charge on any atom is 0.0294 e. The van der Waals surface area contributed by atoms with Gasteiger partial charge in [-0.05, 0) is 57.3 Å². The molecule has 0 radical (unpaired) electrons. The van der Waals surface area contributed by atoms with Gasteiger partial charge in [-0.3, -0.25) is 0 Å². The van der Waals surface area contributed by atoms with Gasteiger partial charge in [-0.2, -0.15) is 0 Å². The average molecular weight is 274 g/mol. The van der Waals surface area contributed by atoms with E-state index in [1.807, 2.05) is 0 Å². The number of nitrogens with one attached hydrogen (secondary N) is 1. The number of hydrogen-bond donors (Lipinski definition) is 1. The third-order valence-electron chi connectivity index (χ3n) is 4.80. The first-order chi connectivity index (χ1) is 9.47. The summed E-state index contributed by atoms with van der Waals surface area (Å²) in [5, 5.41) is 3.81. The average Bonchev–Trinajstić information content (AvgIpc) is 2.43. The van der Waals surface area contributed by atoms with Crippen LogP contribution < -0.4 is 5.32 Å². The second-order valence-electron chi connectivity index (χ2n) is 6.76. The Kier molecular flexibility index (Phi) is 5.22. The largest absolute Gasteiger partial charge is 0.307 e. The highest BCUT2D eigenvalue weighted by molar-refractivity contribution is 5.26. The van der Waals surface area contributed by atoms with Crippen molar-refractivity contribution in [2.75, 3.05) is 13.6 Å². The zero-order valence-corrected chi connectivity index (χ0v) is 13.7. The predicted molar refractivity (Wildman–Crippen MR) is 87.2 cm³/mol. The van der Waals surface area contributed by atoms with Crippen molar-refractivity contribution >= 4 is 0 Å². The smallest absolute Gasteiger partial charge is 0.0294 e. The molecule has 1 aliphatic heterocycles. The molecule has 112 valence electrons. The van der Waals surface area contributed by atoms with Crippen LogP contribution >= 0.6 is 0 Å². The molecule has 1 saturated heterocycles. The summed E-state index contributed by atoms with van der Waals surface area (Å²) in [7, 11) is 2.23. The zero-order chi connectivity index (χ0) is 14.7. The van der Waals surface area contributed by atoms with Gasteiger partial charge in [0.15, 0.2) is 0 Å². The first-order valence-corrected chi connectivity index (χ1v) is 8.03. The maximum atomic E-state index is 3.81. The second-order valence-corrected chi connectivity index (χ2v) is 6.76. The maximum absolute atomic E-state index is 3.81. The Balaban J connectivity index is 1.92. The number of nitrogens with zero attached hydrogens (tertiary/aromatic N) is 1. The lowest BCUT2D eigenvalue weighted by molar-refractivity contribution is 0.163. The molecule has 20 heavy (non-hydrogen) atoms. The normalized spacial score (nSPS) is 25.9. The van der Waals surface area contributed by atoms with E-state index in [1.165, 1.54) is 30.5 Å². The Labute approximate surface area is 124 Å². The predicted octanol–water partition coefficient (Wildman–Crippen LogP) is 3.94. The summed E-state index contributed by atoms with van der Waals surface area (Å²) in [6, 6.07) is 10.9. The fraction of sp³-hybridized carbons (Fsp3) is 0.667. The minimum atomic E-state index is 0.441. The summed E-state index contributed by atoms with van der Waals surface area (Å²) in [5.41, 5.74) is 2.83. The van der Waals surface area contributed by atoms with Crippen molar-refractivity contribution in [2.45, 2.75) is 64.6 Å². The Morgan fingerprint density at radius 2 is 1.70 bits per heavy atom. The van der Waals surface area contributed by atoms with Crippen molar-refractivity contribution in [1.29, 1.82) is 0 Å². The standard InChI is InChI=1S/C18H30N2/c1-13(2)16-6-8-17(9-7-16)15(4)19-18-10-11-20(5)14(3)12-18/h6-9,13-15,18-19H,10-12H2,1-5H3. The van der Waals surface area contributed by atoms with Crippen molar-refractivity contribution in [3.63, 3.8) is 0 Å². The third-order valence-corrected chi connectivity index (χ3v) is 4.80. The lowest BCUT2D eigenvalue weighted by Crippen LogP contribution is -2.46. The van der Waals surface area contributed by atoms with Gasteiger partial charge >= 0.3 is 0 Å². The van der Waals surface area contributed by atoms with Crippen LogP contribution in [0, 0.1) is 0 Å². The fourth-order valence-corrected chi connectivity index (χ4v) is 3.06. The highest BCUT2D eigenvalue weighted by Crippen LogP contribution is 2.22. The topological polar surface area (TPSA) is 15.3 Å². The van der Waals surface area contributed by atoms with Gasteiger partial charge in [0, 0.05) is 18.1 Å². The molecule has 1 heterocycles. The Morgan fingerprint density at radius 1 is 1.10 bits per heavy atom. The van der Waals surface area contributed by atoms with Crippen LogP contribution in [0.25, 0.3) is 0 Å². The molecule has 2 nitrogen and oxygen atoms in total. The van der Waals surface area contributed by atoms with Crippen LogP contribution in [0.3, 0.4) is 0 Å². The van der Waals surface area contributed by atoms with Gasteiger partial charge in [0.1, 0.15) is 0 Å². The SMILES string of the molecule is CC(C)c1ccc(C(C)NC2CCN(C)C(C)C2)cc1. The van der Waals surface area contributed by atoms with Gasteiger partial charge in [-0.1, -0.05) is 38.1 Å². The number of hydrogen-bond acceptors (Lipinski definition) is 2. The van der Waals surface area contributed by atoms with Crippen LogP contribution in [-0.2, 0) is 0 Å². The van der Waals surface area contributed by atoms with Gasteiger partial charge in [-0.15, -0.1) is 0 Å². The number of rotatable bonds is 4. The summed E-state index contributed by atoms with van der Waals surface area (Å²) >= 11 is 0. The Hall–Kier alpha value is -0.860. The summed E-state index contributed by atoms with van der Waals surface area (Å²) < 4.78 is 0. The van der Waals surface area contributed by atoms with E-state index >= 15 is 0 Å². The van der Waals surface area contributed by atoms with Gasteiger partial charge in [-0.25, -0.2) is 0 Å². The van der Waals surface area contributed by atoms with E-state index in [2.05, 4.69) is 69.2 Å². The van der Waals surface area contributed by atoms with Gasteiger partial charge in [0.25, 0.3) is 0 Å². The first-order valence-electron chi connectivity index (χ1n) is 8.03. The highest BCUT2D eigenvalue weighted by Gasteiger charge is 2.23. The lowest BCUT2D eigenvalue weighted by atomic mass is 9.96. The molecule has 1 aromatic rings. The molecule has 0 saturated carbocycles.